The fourth-order valence-corrected chi connectivity index (χ4v) is 4.22. The van der Waals surface area contributed by atoms with Crippen molar-refractivity contribution < 1.29 is 8.42 Å². The molecule has 5 nitrogen and oxygen atoms in total. The van der Waals surface area contributed by atoms with E-state index in [-0.39, 0.29) is 6.04 Å². The molecule has 0 spiro atoms. The molecule has 1 aliphatic carbocycles. The van der Waals surface area contributed by atoms with Gasteiger partial charge in [0.15, 0.2) is 0 Å². The summed E-state index contributed by atoms with van der Waals surface area (Å²) in [7, 11) is 0.120. The fraction of sp³-hybridized carbons (Fsp3) is 1.00. The summed E-state index contributed by atoms with van der Waals surface area (Å²) in [6, 6.07) is 0.620. The van der Waals surface area contributed by atoms with Gasteiger partial charge in [-0.1, -0.05) is 39.5 Å². The Hall–Kier alpha value is -0.170. The van der Waals surface area contributed by atoms with Crippen molar-refractivity contribution in [2.45, 2.75) is 70.9 Å². The van der Waals surface area contributed by atoms with Crippen LogP contribution in [0.3, 0.4) is 0 Å². The molecule has 0 bridgehead atoms. The van der Waals surface area contributed by atoms with Crippen LogP contribution in [0.5, 0.6) is 0 Å². The van der Waals surface area contributed by atoms with E-state index < -0.39 is 10.2 Å². The average Bonchev–Trinajstić information content (AvgIpc) is 2.71. The Morgan fingerprint density at radius 2 is 1.67 bits per heavy atom. The molecule has 1 N–H and O–H groups in total. The van der Waals surface area contributed by atoms with Gasteiger partial charge in [-0.3, -0.25) is 0 Å². The predicted molar refractivity (Wildman–Crippen MR) is 88.6 cm³/mol. The third kappa shape index (κ3) is 6.22. The normalized spacial score (nSPS) is 18.6. The highest BCUT2D eigenvalue weighted by Crippen LogP contribution is 2.23. The van der Waals surface area contributed by atoms with Crippen molar-refractivity contribution in [3.63, 3.8) is 0 Å². The Kier molecular flexibility index (Phi) is 8.16. The topological polar surface area (TPSA) is 52.7 Å². The lowest BCUT2D eigenvalue weighted by molar-refractivity contribution is 0.306. The van der Waals surface area contributed by atoms with Gasteiger partial charge in [-0.05, 0) is 25.8 Å². The molecule has 1 aliphatic rings. The number of hydrogen-bond donors (Lipinski definition) is 1. The van der Waals surface area contributed by atoms with Crippen LogP contribution in [0.25, 0.3) is 0 Å². The minimum absolute atomic E-state index is 0.175. The molecule has 0 atom stereocenters. The van der Waals surface area contributed by atoms with Crippen molar-refractivity contribution in [3.05, 3.63) is 0 Å². The predicted octanol–water partition coefficient (Wildman–Crippen LogP) is 2.21. The van der Waals surface area contributed by atoms with Crippen LogP contribution in [0.15, 0.2) is 0 Å². The summed E-state index contributed by atoms with van der Waals surface area (Å²) < 4.78 is 28.3. The summed E-state index contributed by atoms with van der Waals surface area (Å²) in [5.74, 6) is 0. The summed E-state index contributed by atoms with van der Waals surface area (Å²) in [5.41, 5.74) is 0. The van der Waals surface area contributed by atoms with E-state index in [1.807, 2.05) is 0 Å². The Balaban J connectivity index is 2.49. The molecule has 0 aromatic carbocycles. The summed E-state index contributed by atoms with van der Waals surface area (Å²) >= 11 is 0. The van der Waals surface area contributed by atoms with Gasteiger partial charge in [-0.15, -0.1) is 0 Å². The van der Waals surface area contributed by atoms with E-state index >= 15 is 0 Å². The zero-order chi connectivity index (χ0) is 15.9. The van der Waals surface area contributed by atoms with Crippen LogP contribution in [0.4, 0.5) is 0 Å². The average molecular weight is 320 g/mol. The van der Waals surface area contributed by atoms with Crippen LogP contribution >= 0.6 is 0 Å². The zero-order valence-corrected chi connectivity index (χ0v) is 15.0. The summed E-state index contributed by atoms with van der Waals surface area (Å²) in [6.07, 6.45) is 7.60. The highest BCUT2D eigenvalue weighted by Gasteiger charge is 2.29. The SMILES string of the molecule is CC(C)NCCCN(C)S(=O)(=O)N(C)C1CCCCCC1. The molecule has 0 amide bonds. The molecular formula is C15H33N3O2S. The molecule has 1 rings (SSSR count). The maximum atomic E-state index is 12.6. The van der Waals surface area contributed by atoms with Gasteiger partial charge in [0.25, 0.3) is 10.2 Å². The molecule has 1 fully saturated rings. The quantitative estimate of drug-likeness (QED) is 0.551. The Morgan fingerprint density at radius 1 is 1.10 bits per heavy atom. The van der Waals surface area contributed by atoms with E-state index in [9.17, 15) is 8.42 Å². The largest absolute Gasteiger partial charge is 0.314 e. The molecule has 21 heavy (non-hydrogen) atoms. The van der Waals surface area contributed by atoms with E-state index in [2.05, 4.69) is 19.2 Å². The first-order valence-corrected chi connectivity index (χ1v) is 9.68. The maximum absolute atomic E-state index is 12.6. The van der Waals surface area contributed by atoms with E-state index in [4.69, 9.17) is 0 Å². The Morgan fingerprint density at radius 3 is 2.19 bits per heavy atom. The van der Waals surface area contributed by atoms with Crippen LogP contribution < -0.4 is 5.32 Å². The Labute approximate surface area is 131 Å². The number of nitrogens with zero attached hydrogens (tertiary/aromatic N) is 2. The van der Waals surface area contributed by atoms with Crippen molar-refractivity contribution in [1.29, 1.82) is 0 Å². The van der Waals surface area contributed by atoms with E-state index in [1.54, 1.807) is 18.4 Å². The van der Waals surface area contributed by atoms with Crippen LogP contribution in [0.1, 0.15) is 58.8 Å². The fourth-order valence-electron chi connectivity index (χ4n) is 2.84. The van der Waals surface area contributed by atoms with Crippen LogP contribution in [0, 0.1) is 0 Å². The first kappa shape index (κ1) is 18.9. The van der Waals surface area contributed by atoms with Gasteiger partial charge in [-0.2, -0.15) is 17.0 Å². The first-order valence-electron chi connectivity index (χ1n) is 8.28. The van der Waals surface area contributed by atoms with Crippen molar-refractivity contribution in [2.75, 3.05) is 27.2 Å². The van der Waals surface area contributed by atoms with Crippen molar-refractivity contribution in [2.24, 2.45) is 0 Å². The van der Waals surface area contributed by atoms with Gasteiger partial charge in [-0.25, -0.2) is 0 Å². The third-order valence-corrected chi connectivity index (χ3v) is 6.30. The molecule has 0 aromatic heterocycles. The van der Waals surface area contributed by atoms with Gasteiger partial charge in [0, 0.05) is 32.7 Å². The monoisotopic (exact) mass is 319 g/mol. The second kappa shape index (κ2) is 9.08. The van der Waals surface area contributed by atoms with E-state index in [0.717, 1.165) is 38.6 Å². The minimum Gasteiger partial charge on any atom is -0.314 e. The Bertz CT molecular complexity index is 376. The van der Waals surface area contributed by atoms with Crippen LogP contribution in [-0.4, -0.2) is 56.3 Å². The lowest BCUT2D eigenvalue weighted by Gasteiger charge is -2.30. The van der Waals surface area contributed by atoms with E-state index in [1.165, 1.54) is 17.1 Å². The summed E-state index contributed by atoms with van der Waals surface area (Å²) in [4.78, 5) is 0. The second-order valence-electron chi connectivity index (χ2n) is 6.45. The minimum atomic E-state index is -3.32. The standard InChI is InChI=1S/C15H33N3O2S/c1-14(2)16-12-9-13-17(3)21(19,20)18(4)15-10-7-5-6-8-11-15/h14-16H,5-13H2,1-4H3. The lowest BCUT2D eigenvalue weighted by atomic mass is 10.1. The van der Waals surface area contributed by atoms with Gasteiger partial charge < -0.3 is 5.32 Å². The van der Waals surface area contributed by atoms with Gasteiger partial charge in [0.05, 0.1) is 0 Å². The smallest absolute Gasteiger partial charge is 0.281 e. The van der Waals surface area contributed by atoms with Crippen LogP contribution in [0.2, 0.25) is 0 Å². The van der Waals surface area contributed by atoms with Gasteiger partial charge in [0.2, 0.25) is 0 Å². The number of hydrogen-bond acceptors (Lipinski definition) is 3. The second-order valence-corrected chi connectivity index (χ2v) is 8.55. The highest BCUT2D eigenvalue weighted by molar-refractivity contribution is 7.86. The third-order valence-electron chi connectivity index (χ3n) is 4.30. The highest BCUT2D eigenvalue weighted by atomic mass is 32.2. The van der Waals surface area contributed by atoms with Gasteiger partial charge >= 0.3 is 0 Å². The molecule has 0 radical (unpaired) electrons. The van der Waals surface area contributed by atoms with Crippen molar-refractivity contribution in [3.8, 4) is 0 Å². The molecule has 6 heteroatoms. The summed E-state index contributed by atoms with van der Waals surface area (Å²) in [6.45, 7) is 5.62. The molecular weight excluding hydrogens is 286 g/mol. The molecule has 0 aliphatic heterocycles. The van der Waals surface area contributed by atoms with Gasteiger partial charge in [0.1, 0.15) is 0 Å². The number of rotatable bonds is 8. The zero-order valence-electron chi connectivity index (χ0n) is 14.1. The molecule has 0 aromatic rings. The lowest BCUT2D eigenvalue weighted by Crippen LogP contribution is -2.45. The van der Waals surface area contributed by atoms with E-state index in [0.29, 0.717) is 12.6 Å². The maximum Gasteiger partial charge on any atom is 0.281 e. The van der Waals surface area contributed by atoms with Crippen LogP contribution in [-0.2, 0) is 10.2 Å². The molecule has 126 valence electrons. The molecule has 1 saturated carbocycles. The van der Waals surface area contributed by atoms with Crippen molar-refractivity contribution >= 4 is 10.2 Å². The first-order chi connectivity index (χ1) is 9.85. The molecule has 0 saturated heterocycles. The summed E-state index contributed by atoms with van der Waals surface area (Å²) in [5, 5.41) is 3.32. The number of nitrogens with one attached hydrogen (secondary N) is 1. The molecule has 0 heterocycles. The van der Waals surface area contributed by atoms with Crippen molar-refractivity contribution in [1.82, 2.24) is 13.9 Å². The molecule has 0 unspecified atom stereocenters.